The van der Waals surface area contributed by atoms with Gasteiger partial charge in [-0.25, -0.2) is 9.38 Å². The number of methoxy groups -OCH3 is 1. The second-order valence-electron chi connectivity index (χ2n) is 5.44. The van der Waals surface area contributed by atoms with Crippen LogP contribution in [0.2, 0.25) is 0 Å². The van der Waals surface area contributed by atoms with Gasteiger partial charge >= 0.3 is 0 Å². The fourth-order valence-corrected chi connectivity index (χ4v) is 2.33. The van der Waals surface area contributed by atoms with Crippen LogP contribution < -0.4 is 15.4 Å². The van der Waals surface area contributed by atoms with E-state index in [1.54, 1.807) is 6.07 Å². The van der Waals surface area contributed by atoms with Crippen molar-refractivity contribution in [3.63, 3.8) is 0 Å². The second kappa shape index (κ2) is 10.9. The molecule has 2 aromatic rings. The van der Waals surface area contributed by atoms with Crippen molar-refractivity contribution >= 4 is 29.9 Å². The SMILES string of the molecule is CCNC(=NCc1ccc(OC)c(F)c1)NC(C)c1ccccc1.I. The molecule has 0 aromatic heterocycles. The van der Waals surface area contributed by atoms with Gasteiger partial charge in [0, 0.05) is 6.54 Å². The highest BCUT2D eigenvalue weighted by Gasteiger charge is 2.08. The zero-order valence-electron chi connectivity index (χ0n) is 14.8. The first-order chi connectivity index (χ1) is 11.6. The van der Waals surface area contributed by atoms with E-state index < -0.39 is 0 Å². The summed E-state index contributed by atoms with van der Waals surface area (Å²) >= 11 is 0. The molecule has 0 aliphatic heterocycles. The number of nitrogens with one attached hydrogen (secondary N) is 2. The van der Waals surface area contributed by atoms with Crippen molar-refractivity contribution in [3.05, 3.63) is 65.5 Å². The lowest BCUT2D eigenvalue weighted by Crippen LogP contribution is -2.38. The van der Waals surface area contributed by atoms with Crippen LogP contribution >= 0.6 is 24.0 Å². The van der Waals surface area contributed by atoms with Gasteiger partial charge in [0.05, 0.1) is 19.7 Å². The largest absolute Gasteiger partial charge is 0.494 e. The lowest BCUT2D eigenvalue weighted by atomic mass is 10.1. The zero-order valence-corrected chi connectivity index (χ0v) is 17.1. The Balaban J connectivity index is 0.00000312. The normalized spacial score (nSPS) is 12.1. The number of hydrogen-bond donors (Lipinski definition) is 2. The number of nitrogens with zero attached hydrogens (tertiary/aromatic N) is 1. The van der Waals surface area contributed by atoms with Gasteiger partial charge in [-0.15, -0.1) is 24.0 Å². The van der Waals surface area contributed by atoms with Crippen LogP contribution in [0.5, 0.6) is 5.75 Å². The van der Waals surface area contributed by atoms with Crippen LogP contribution in [0.3, 0.4) is 0 Å². The van der Waals surface area contributed by atoms with Crippen LogP contribution in [-0.2, 0) is 6.54 Å². The van der Waals surface area contributed by atoms with Crippen molar-refractivity contribution in [1.29, 1.82) is 0 Å². The summed E-state index contributed by atoms with van der Waals surface area (Å²) < 4.78 is 18.7. The molecule has 0 fully saturated rings. The molecular formula is C19H25FIN3O. The Kier molecular flexibility index (Phi) is 9.26. The predicted octanol–water partition coefficient (Wildman–Crippen LogP) is 4.27. The van der Waals surface area contributed by atoms with E-state index in [9.17, 15) is 4.39 Å². The van der Waals surface area contributed by atoms with Gasteiger partial charge < -0.3 is 15.4 Å². The maximum absolute atomic E-state index is 13.7. The van der Waals surface area contributed by atoms with Gasteiger partial charge in [-0.05, 0) is 37.1 Å². The van der Waals surface area contributed by atoms with Crippen molar-refractivity contribution in [2.75, 3.05) is 13.7 Å². The summed E-state index contributed by atoms with van der Waals surface area (Å²) in [5, 5.41) is 6.57. The maximum atomic E-state index is 13.7. The summed E-state index contributed by atoms with van der Waals surface area (Å²) in [6.07, 6.45) is 0. The summed E-state index contributed by atoms with van der Waals surface area (Å²) in [5.74, 6) is 0.566. The lowest BCUT2D eigenvalue weighted by molar-refractivity contribution is 0.386. The van der Waals surface area contributed by atoms with E-state index in [-0.39, 0.29) is 41.6 Å². The van der Waals surface area contributed by atoms with Crippen molar-refractivity contribution < 1.29 is 9.13 Å². The number of rotatable bonds is 6. The Hall–Kier alpha value is -1.83. The molecule has 0 bridgehead atoms. The molecule has 136 valence electrons. The van der Waals surface area contributed by atoms with Gasteiger partial charge in [0.1, 0.15) is 0 Å². The molecule has 0 aliphatic carbocycles. The van der Waals surface area contributed by atoms with Gasteiger partial charge in [-0.1, -0.05) is 36.4 Å². The molecular weight excluding hydrogens is 432 g/mol. The van der Waals surface area contributed by atoms with Crippen molar-refractivity contribution in [2.24, 2.45) is 4.99 Å². The quantitative estimate of drug-likeness (QED) is 0.387. The third-order valence-electron chi connectivity index (χ3n) is 3.63. The zero-order chi connectivity index (χ0) is 17.4. The third-order valence-corrected chi connectivity index (χ3v) is 3.63. The summed E-state index contributed by atoms with van der Waals surface area (Å²) in [4.78, 5) is 4.53. The first kappa shape index (κ1) is 21.2. The molecule has 2 rings (SSSR count). The number of halogens is 2. The number of aliphatic imine (C=N–C) groups is 1. The van der Waals surface area contributed by atoms with Crippen LogP contribution in [0.4, 0.5) is 4.39 Å². The maximum Gasteiger partial charge on any atom is 0.192 e. The monoisotopic (exact) mass is 457 g/mol. The summed E-state index contributed by atoms with van der Waals surface area (Å²) in [5.41, 5.74) is 1.97. The van der Waals surface area contributed by atoms with Crippen LogP contribution in [-0.4, -0.2) is 19.6 Å². The number of guanidine groups is 1. The molecule has 1 unspecified atom stereocenters. The molecule has 6 heteroatoms. The Labute approximate surface area is 165 Å². The van der Waals surface area contributed by atoms with Gasteiger partial charge in [0.25, 0.3) is 0 Å². The molecule has 0 aliphatic rings. The fourth-order valence-electron chi connectivity index (χ4n) is 2.33. The highest BCUT2D eigenvalue weighted by molar-refractivity contribution is 14.0. The Bertz CT molecular complexity index is 680. The Morgan fingerprint density at radius 1 is 1.20 bits per heavy atom. The van der Waals surface area contributed by atoms with E-state index in [0.717, 1.165) is 12.1 Å². The molecule has 1 atom stereocenters. The highest BCUT2D eigenvalue weighted by Crippen LogP contribution is 2.18. The molecule has 0 heterocycles. The second-order valence-corrected chi connectivity index (χ2v) is 5.44. The first-order valence-electron chi connectivity index (χ1n) is 8.06. The van der Waals surface area contributed by atoms with E-state index in [4.69, 9.17) is 4.74 Å². The predicted molar refractivity (Wildman–Crippen MR) is 111 cm³/mol. The van der Waals surface area contributed by atoms with Crippen LogP contribution in [0, 0.1) is 5.82 Å². The average Bonchev–Trinajstić information content (AvgIpc) is 2.60. The van der Waals surface area contributed by atoms with Crippen molar-refractivity contribution in [3.8, 4) is 5.75 Å². The standard InChI is InChI=1S/C19H24FN3O.HI/c1-4-21-19(23-14(2)16-8-6-5-7-9-16)22-13-15-10-11-18(24-3)17(20)12-15;/h5-12,14H,4,13H2,1-3H3,(H2,21,22,23);1H. The van der Waals surface area contributed by atoms with Gasteiger partial charge in [0.15, 0.2) is 17.5 Å². The summed E-state index contributed by atoms with van der Waals surface area (Å²) in [6.45, 7) is 5.23. The number of benzene rings is 2. The molecule has 0 radical (unpaired) electrons. The van der Waals surface area contributed by atoms with Crippen LogP contribution in [0.1, 0.15) is 31.0 Å². The minimum Gasteiger partial charge on any atom is -0.494 e. The topological polar surface area (TPSA) is 45.7 Å². The smallest absolute Gasteiger partial charge is 0.192 e. The molecule has 2 N–H and O–H groups in total. The number of hydrogen-bond acceptors (Lipinski definition) is 2. The van der Waals surface area contributed by atoms with Crippen molar-refractivity contribution in [1.82, 2.24) is 10.6 Å². The van der Waals surface area contributed by atoms with E-state index in [1.807, 2.05) is 31.2 Å². The average molecular weight is 457 g/mol. The van der Waals surface area contributed by atoms with E-state index in [2.05, 4.69) is 34.7 Å². The highest BCUT2D eigenvalue weighted by atomic mass is 127. The third kappa shape index (κ3) is 6.53. The molecule has 0 spiro atoms. The minimum absolute atomic E-state index is 0. The van der Waals surface area contributed by atoms with Gasteiger partial charge in [-0.3, -0.25) is 0 Å². The first-order valence-corrected chi connectivity index (χ1v) is 8.06. The van der Waals surface area contributed by atoms with E-state index >= 15 is 0 Å². The molecule has 25 heavy (non-hydrogen) atoms. The lowest BCUT2D eigenvalue weighted by Gasteiger charge is -2.18. The molecule has 0 saturated heterocycles. The van der Waals surface area contributed by atoms with Crippen LogP contribution in [0.15, 0.2) is 53.5 Å². The van der Waals surface area contributed by atoms with Gasteiger partial charge in [-0.2, -0.15) is 0 Å². The molecule has 2 aromatic carbocycles. The van der Waals surface area contributed by atoms with E-state index in [0.29, 0.717) is 12.5 Å². The van der Waals surface area contributed by atoms with E-state index in [1.165, 1.54) is 18.7 Å². The Morgan fingerprint density at radius 3 is 2.52 bits per heavy atom. The summed E-state index contributed by atoms with van der Waals surface area (Å²) in [7, 11) is 1.45. The molecule has 4 nitrogen and oxygen atoms in total. The molecule has 0 saturated carbocycles. The minimum atomic E-state index is -0.374. The molecule has 0 amide bonds. The van der Waals surface area contributed by atoms with Gasteiger partial charge in [0.2, 0.25) is 0 Å². The Morgan fingerprint density at radius 2 is 1.92 bits per heavy atom. The summed E-state index contributed by atoms with van der Waals surface area (Å²) in [6, 6.07) is 15.2. The number of ether oxygens (including phenoxy) is 1. The fraction of sp³-hybridized carbons (Fsp3) is 0.316. The van der Waals surface area contributed by atoms with Crippen LogP contribution in [0.25, 0.3) is 0 Å². The van der Waals surface area contributed by atoms with Crippen molar-refractivity contribution in [2.45, 2.75) is 26.4 Å².